The standard InChI is InChI=1S/C19H24N2O2/c22-18(20-14-9-10-14)15-6-2-3-7-16(15)19(23)21-12-11-13-5-1-4-8-17(13)21/h1,4-5,8,14-16H,2-3,6-7,9-12H2,(H,20,22). The summed E-state index contributed by atoms with van der Waals surface area (Å²) in [5.41, 5.74) is 2.29. The zero-order chi connectivity index (χ0) is 15.8. The third-order valence-corrected chi connectivity index (χ3v) is 5.50. The van der Waals surface area contributed by atoms with E-state index in [2.05, 4.69) is 11.4 Å². The van der Waals surface area contributed by atoms with Crippen molar-refractivity contribution in [3.05, 3.63) is 29.8 Å². The third-order valence-electron chi connectivity index (χ3n) is 5.50. The molecule has 0 bridgehead atoms. The number of carbonyl (C=O) groups is 2. The van der Waals surface area contributed by atoms with Crippen LogP contribution >= 0.6 is 0 Å². The summed E-state index contributed by atoms with van der Waals surface area (Å²) in [7, 11) is 0. The highest BCUT2D eigenvalue weighted by molar-refractivity contribution is 5.99. The Bertz CT molecular complexity index is 624. The molecule has 1 aromatic rings. The third kappa shape index (κ3) is 2.87. The Hall–Kier alpha value is -1.84. The lowest BCUT2D eigenvalue weighted by Crippen LogP contribution is -2.45. The average Bonchev–Trinajstić information content (AvgIpc) is 3.30. The molecule has 4 nitrogen and oxygen atoms in total. The first-order chi connectivity index (χ1) is 11.2. The number of nitrogens with one attached hydrogen (secondary N) is 1. The summed E-state index contributed by atoms with van der Waals surface area (Å²) >= 11 is 0. The second-order valence-electron chi connectivity index (χ2n) is 7.15. The Balaban J connectivity index is 1.52. The van der Waals surface area contributed by atoms with E-state index in [0.29, 0.717) is 6.04 Å². The smallest absolute Gasteiger partial charge is 0.230 e. The number of nitrogens with zero attached hydrogens (tertiary/aromatic N) is 1. The van der Waals surface area contributed by atoms with E-state index < -0.39 is 0 Å². The molecule has 0 radical (unpaired) electrons. The van der Waals surface area contributed by atoms with Gasteiger partial charge in [-0.25, -0.2) is 0 Å². The van der Waals surface area contributed by atoms with Gasteiger partial charge in [-0.3, -0.25) is 9.59 Å². The van der Waals surface area contributed by atoms with Gasteiger partial charge in [0.1, 0.15) is 0 Å². The molecule has 0 spiro atoms. The molecule has 4 rings (SSSR count). The SMILES string of the molecule is O=C(NC1CC1)C1CCCCC1C(=O)N1CCc2ccccc21. The average molecular weight is 312 g/mol. The molecule has 2 fully saturated rings. The minimum atomic E-state index is -0.145. The Labute approximate surface area is 137 Å². The molecule has 2 unspecified atom stereocenters. The zero-order valence-corrected chi connectivity index (χ0v) is 13.5. The van der Waals surface area contributed by atoms with E-state index in [-0.39, 0.29) is 23.7 Å². The molecular formula is C19H24N2O2. The molecule has 2 aliphatic carbocycles. The van der Waals surface area contributed by atoms with Crippen molar-refractivity contribution < 1.29 is 9.59 Å². The van der Waals surface area contributed by atoms with Crippen molar-refractivity contribution in [1.82, 2.24) is 5.32 Å². The molecule has 2 amide bonds. The number of fused-ring (bicyclic) bond motifs is 1. The minimum Gasteiger partial charge on any atom is -0.353 e. The highest BCUT2D eigenvalue weighted by Crippen LogP contribution is 2.36. The van der Waals surface area contributed by atoms with Crippen LogP contribution in [0, 0.1) is 11.8 Å². The van der Waals surface area contributed by atoms with E-state index in [1.807, 2.05) is 23.1 Å². The molecule has 1 heterocycles. The molecule has 0 aromatic heterocycles. The van der Waals surface area contributed by atoms with Gasteiger partial charge in [-0.05, 0) is 43.7 Å². The van der Waals surface area contributed by atoms with E-state index in [1.54, 1.807) is 0 Å². The van der Waals surface area contributed by atoms with Gasteiger partial charge in [0.25, 0.3) is 0 Å². The van der Waals surface area contributed by atoms with Crippen LogP contribution in [0.1, 0.15) is 44.1 Å². The lowest BCUT2D eigenvalue weighted by atomic mass is 9.77. The first kappa shape index (κ1) is 14.7. The van der Waals surface area contributed by atoms with E-state index in [9.17, 15) is 9.59 Å². The Morgan fingerprint density at radius 1 is 1.00 bits per heavy atom. The van der Waals surface area contributed by atoms with Gasteiger partial charge in [-0.2, -0.15) is 0 Å². The van der Waals surface area contributed by atoms with Crippen LogP contribution in [0.4, 0.5) is 5.69 Å². The van der Waals surface area contributed by atoms with Gasteiger partial charge in [0.15, 0.2) is 0 Å². The predicted molar refractivity (Wildman–Crippen MR) is 89.1 cm³/mol. The van der Waals surface area contributed by atoms with Crippen LogP contribution in [0.2, 0.25) is 0 Å². The van der Waals surface area contributed by atoms with Crippen LogP contribution in [-0.2, 0) is 16.0 Å². The molecule has 23 heavy (non-hydrogen) atoms. The van der Waals surface area contributed by atoms with E-state index >= 15 is 0 Å². The van der Waals surface area contributed by atoms with Crippen molar-refractivity contribution in [2.24, 2.45) is 11.8 Å². The van der Waals surface area contributed by atoms with Crippen LogP contribution in [0.15, 0.2) is 24.3 Å². The quantitative estimate of drug-likeness (QED) is 0.933. The fraction of sp³-hybridized carbons (Fsp3) is 0.579. The largest absolute Gasteiger partial charge is 0.353 e. The Kier molecular flexibility index (Phi) is 3.83. The van der Waals surface area contributed by atoms with Crippen molar-refractivity contribution in [3.8, 4) is 0 Å². The fourth-order valence-electron chi connectivity index (χ4n) is 4.04. The molecule has 2 saturated carbocycles. The number of carbonyl (C=O) groups excluding carboxylic acids is 2. The molecule has 1 aromatic carbocycles. The fourth-order valence-corrected chi connectivity index (χ4v) is 4.04. The molecule has 3 aliphatic rings. The molecule has 4 heteroatoms. The molecule has 1 N–H and O–H groups in total. The summed E-state index contributed by atoms with van der Waals surface area (Å²) in [6, 6.07) is 8.51. The second kappa shape index (κ2) is 5.99. The summed E-state index contributed by atoms with van der Waals surface area (Å²) in [4.78, 5) is 27.6. The van der Waals surface area contributed by atoms with E-state index in [1.165, 1.54) is 5.56 Å². The highest BCUT2D eigenvalue weighted by Gasteiger charge is 2.40. The maximum Gasteiger partial charge on any atom is 0.230 e. The first-order valence-electron chi connectivity index (χ1n) is 8.93. The maximum absolute atomic E-state index is 13.1. The summed E-state index contributed by atoms with van der Waals surface area (Å²) in [5, 5.41) is 3.11. The molecule has 2 atom stereocenters. The maximum atomic E-state index is 13.1. The van der Waals surface area contributed by atoms with Crippen molar-refractivity contribution in [1.29, 1.82) is 0 Å². The second-order valence-corrected chi connectivity index (χ2v) is 7.15. The Morgan fingerprint density at radius 2 is 1.74 bits per heavy atom. The highest BCUT2D eigenvalue weighted by atomic mass is 16.2. The number of anilines is 1. The summed E-state index contributed by atoms with van der Waals surface area (Å²) in [5.74, 6) is -0.0121. The number of hydrogen-bond donors (Lipinski definition) is 1. The first-order valence-corrected chi connectivity index (χ1v) is 8.93. The van der Waals surface area contributed by atoms with Crippen LogP contribution in [-0.4, -0.2) is 24.4 Å². The normalized spacial score (nSPS) is 26.7. The van der Waals surface area contributed by atoms with Crippen molar-refractivity contribution in [3.63, 3.8) is 0 Å². The van der Waals surface area contributed by atoms with Gasteiger partial charge >= 0.3 is 0 Å². The van der Waals surface area contributed by atoms with Crippen molar-refractivity contribution in [2.45, 2.75) is 51.0 Å². The van der Waals surface area contributed by atoms with Gasteiger partial charge in [-0.1, -0.05) is 31.0 Å². The summed E-state index contributed by atoms with van der Waals surface area (Å²) < 4.78 is 0. The van der Waals surface area contributed by atoms with Crippen molar-refractivity contribution in [2.75, 3.05) is 11.4 Å². The van der Waals surface area contributed by atoms with Gasteiger partial charge in [-0.15, -0.1) is 0 Å². The van der Waals surface area contributed by atoms with Gasteiger partial charge in [0.05, 0.1) is 5.92 Å². The Morgan fingerprint density at radius 3 is 2.52 bits per heavy atom. The van der Waals surface area contributed by atoms with Crippen molar-refractivity contribution >= 4 is 17.5 Å². The predicted octanol–water partition coefficient (Wildman–Crippen LogP) is 2.66. The van der Waals surface area contributed by atoms with Crippen LogP contribution < -0.4 is 10.2 Å². The number of para-hydroxylation sites is 1. The number of rotatable bonds is 3. The molecule has 1 aliphatic heterocycles. The molecular weight excluding hydrogens is 288 g/mol. The van der Waals surface area contributed by atoms with Gasteiger partial charge in [0, 0.05) is 24.2 Å². The number of benzene rings is 1. The van der Waals surface area contributed by atoms with E-state index in [4.69, 9.17) is 0 Å². The van der Waals surface area contributed by atoms with Crippen LogP contribution in [0.3, 0.4) is 0 Å². The molecule has 0 saturated heterocycles. The molecule has 122 valence electrons. The van der Waals surface area contributed by atoms with Gasteiger partial charge in [0.2, 0.25) is 11.8 Å². The summed E-state index contributed by atoms with van der Waals surface area (Å²) in [6.45, 7) is 0.756. The van der Waals surface area contributed by atoms with Crippen LogP contribution in [0.25, 0.3) is 0 Å². The monoisotopic (exact) mass is 312 g/mol. The van der Waals surface area contributed by atoms with Gasteiger partial charge < -0.3 is 10.2 Å². The summed E-state index contributed by atoms with van der Waals surface area (Å²) in [6.07, 6.45) is 6.92. The van der Waals surface area contributed by atoms with Crippen LogP contribution in [0.5, 0.6) is 0 Å². The lowest BCUT2D eigenvalue weighted by Gasteiger charge is -2.32. The number of amides is 2. The number of hydrogen-bond acceptors (Lipinski definition) is 2. The van der Waals surface area contributed by atoms with E-state index in [0.717, 1.165) is 57.2 Å². The minimum absolute atomic E-state index is 0.109. The topological polar surface area (TPSA) is 49.4 Å². The zero-order valence-electron chi connectivity index (χ0n) is 13.5. The lowest BCUT2D eigenvalue weighted by molar-refractivity contribution is -0.135.